The van der Waals surface area contributed by atoms with Crippen molar-refractivity contribution in [2.45, 2.75) is 6.92 Å². The lowest BCUT2D eigenvalue weighted by molar-refractivity contribution is 0.412. The highest BCUT2D eigenvalue weighted by Crippen LogP contribution is 2.28. The zero-order chi connectivity index (χ0) is 14.7. The minimum absolute atomic E-state index is 0.454. The van der Waals surface area contributed by atoms with E-state index in [-0.39, 0.29) is 0 Å². The first kappa shape index (κ1) is 13.2. The van der Waals surface area contributed by atoms with E-state index in [0.717, 1.165) is 17.7 Å². The molecule has 0 radical (unpaired) electrons. The van der Waals surface area contributed by atoms with E-state index in [1.807, 2.05) is 31.2 Å². The molecule has 0 saturated heterocycles. The maximum Gasteiger partial charge on any atom is 0.235 e. The third-order valence-electron chi connectivity index (χ3n) is 2.88. The highest BCUT2D eigenvalue weighted by atomic mass is 16.5. The number of ether oxygens (including phenoxy) is 2. The van der Waals surface area contributed by atoms with E-state index in [4.69, 9.17) is 9.47 Å². The summed E-state index contributed by atoms with van der Waals surface area (Å²) in [5.41, 5.74) is 0.629. The fourth-order valence-corrected chi connectivity index (χ4v) is 1.88. The van der Waals surface area contributed by atoms with Crippen LogP contribution >= 0.6 is 0 Å². The van der Waals surface area contributed by atoms with E-state index in [2.05, 4.69) is 25.5 Å². The van der Waals surface area contributed by atoms with E-state index >= 15 is 0 Å². The van der Waals surface area contributed by atoms with Crippen LogP contribution in [0.15, 0.2) is 30.5 Å². The molecule has 0 atom stereocenters. The van der Waals surface area contributed by atoms with Crippen molar-refractivity contribution in [2.24, 2.45) is 0 Å². The second-order valence-electron chi connectivity index (χ2n) is 4.29. The van der Waals surface area contributed by atoms with Gasteiger partial charge >= 0.3 is 0 Å². The minimum Gasteiger partial charge on any atom is -0.497 e. The Bertz CT molecular complexity index is 739. The summed E-state index contributed by atoms with van der Waals surface area (Å²) in [5, 5.41) is 10.6. The van der Waals surface area contributed by atoms with Crippen molar-refractivity contribution in [3.05, 3.63) is 30.5 Å². The van der Waals surface area contributed by atoms with Gasteiger partial charge in [-0.3, -0.25) is 5.10 Å². The molecule has 21 heavy (non-hydrogen) atoms. The van der Waals surface area contributed by atoms with Crippen LogP contribution in [0.5, 0.6) is 17.4 Å². The minimum atomic E-state index is 0.454. The normalized spacial score (nSPS) is 10.6. The Hall–Kier alpha value is -2.83. The first-order valence-electron chi connectivity index (χ1n) is 6.57. The lowest BCUT2D eigenvalue weighted by Gasteiger charge is -2.08. The Morgan fingerprint density at radius 2 is 1.90 bits per heavy atom. The SMILES string of the molecule is CCNc1nc(Oc2ccc(OC)cc2)c2cn[nH]c2n1. The molecule has 2 heterocycles. The zero-order valence-corrected chi connectivity index (χ0v) is 11.8. The van der Waals surface area contributed by atoms with Crippen molar-refractivity contribution in [1.82, 2.24) is 20.2 Å². The largest absolute Gasteiger partial charge is 0.497 e. The lowest BCUT2D eigenvalue weighted by atomic mass is 10.3. The second-order valence-corrected chi connectivity index (χ2v) is 4.29. The smallest absolute Gasteiger partial charge is 0.235 e. The molecule has 0 bridgehead atoms. The molecule has 0 amide bonds. The third kappa shape index (κ3) is 2.71. The number of hydrogen-bond donors (Lipinski definition) is 2. The van der Waals surface area contributed by atoms with Gasteiger partial charge in [0.1, 0.15) is 16.9 Å². The molecule has 0 unspecified atom stereocenters. The summed E-state index contributed by atoms with van der Waals surface area (Å²) in [7, 11) is 1.62. The van der Waals surface area contributed by atoms with Crippen molar-refractivity contribution >= 4 is 17.0 Å². The summed E-state index contributed by atoms with van der Waals surface area (Å²) in [6.07, 6.45) is 1.64. The van der Waals surface area contributed by atoms with Gasteiger partial charge in [-0.25, -0.2) is 0 Å². The number of nitrogens with zero attached hydrogens (tertiary/aromatic N) is 3. The Kier molecular flexibility index (Phi) is 3.55. The highest BCUT2D eigenvalue weighted by molar-refractivity contribution is 5.80. The molecule has 3 aromatic rings. The summed E-state index contributed by atoms with van der Waals surface area (Å²) in [6.45, 7) is 2.70. The number of rotatable bonds is 5. The molecule has 2 N–H and O–H groups in total. The van der Waals surface area contributed by atoms with Crippen LogP contribution in [0, 0.1) is 0 Å². The second kappa shape index (κ2) is 5.66. The Balaban J connectivity index is 1.95. The molecule has 2 aromatic heterocycles. The summed E-state index contributed by atoms with van der Waals surface area (Å²) in [4.78, 5) is 8.68. The van der Waals surface area contributed by atoms with Crippen LogP contribution in [0.2, 0.25) is 0 Å². The number of benzene rings is 1. The first-order chi connectivity index (χ1) is 10.3. The van der Waals surface area contributed by atoms with E-state index in [1.54, 1.807) is 13.3 Å². The molecule has 7 nitrogen and oxygen atoms in total. The number of nitrogens with one attached hydrogen (secondary N) is 2. The van der Waals surface area contributed by atoms with E-state index < -0.39 is 0 Å². The Labute approximate surface area is 121 Å². The predicted octanol–water partition coefficient (Wildman–Crippen LogP) is 2.59. The van der Waals surface area contributed by atoms with Crippen molar-refractivity contribution in [1.29, 1.82) is 0 Å². The summed E-state index contributed by atoms with van der Waals surface area (Å²) in [6, 6.07) is 7.29. The van der Waals surface area contributed by atoms with Gasteiger partial charge in [-0.15, -0.1) is 0 Å². The van der Waals surface area contributed by atoms with E-state index in [1.165, 1.54) is 0 Å². The highest BCUT2D eigenvalue weighted by Gasteiger charge is 2.11. The summed E-state index contributed by atoms with van der Waals surface area (Å²) < 4.78 is 11.0. The molecule has 0 spiro atoms. The topological polar surface area (TPSA) is 85.0 Å². The van der Waals surface area contributed by atoms with E-state index in [9.17, 15) is 0 Å². The lowest BCUT2D eigenvalue weighted by Crippen LogP contribution is -2.03. The van der Waals surface area contributed by atoms with Crippen LogP contribution in [0.4, 0.5) is 5.95 Å². The number of H-pyrrole nitrogens is 1. The average molecular weight is 285 g/mol. The Morgan fingerprint density at radius 1 is 1.14 bits per heavy atom. The molecule has 0 aliphatic heterocycles. The predicted molar refractivity (Wildman–Crippen MR) is 78.9 cm³/mol. The standard InChI is InChI=1S/C14H15N5O2/c1-3-15-14-17-12-11(8-16-19-12)13(18-14)21-10-6-4-9(20-2)5-7-10/h4-8H,3H2,1-2H3,(H2,15,16,17,18,19). The molecular weight excluding hydrogens is 270 g/mol. The molecular formula is C14H15N5O2. The fraction of sp³-hybridized carbons (Fsp3) is 0.214. The average Bonchev–Trinajstić information content (AvgIpc) is 2.97. The van der Waals surface area contributed by atoms with Gasteiger partial charge in [-0.05, 0) is 31.2 Å². The van der Waals surface area contributed by atoms with Crippen molar-refractivity contribution < 1.29 is 9.47 Å². The Morgan fingerprint density at radius 3 is 2.62 bits per heavy atom. The third-order valence-corrected chi connectivity index (χ3v) is 2.88. The monoisotopic (exact) mass is 285 g/mol. The van der Waals surface area contributed by atoms with Gasteiger partial charge in [0.05, 0.1) is 13.3 Å². The van der Waals surface area contributed by atoms with Gasteiger partial charge in [-0.1, -0.05) is 0 Å². The van der Waals surface area contributed by atoms with Crippen molar-refractivity contribution in [3.63, 3.8) is 0 Å². The van der Waals surface area contributed by atoms with Crippen LogP contribution in [-0.4, -0.2) is 33.8 Å². The van der Waals surface area contributed by atoms with Crippen molar-refractivity contribution in [3.8, 4) is 17.4 Å². The fourth-order valence-electron chi connectivity index (χ4n) is 1.88. The quantitative estimate of drug-likeness (QED) is 0.749. The van der Waals surface area contributed by atoms with Gasteiger partial charge in [0.2, 0.25) is 11.8 Å². The van der Waals surface area contributed by atoms with Gasteiger partial charge in [-0.2, -0.15) is 15.1 Å². The van der Waals surface area contributed by atoms with Gasteiger partial charge < -0.3 is 14.8 Å². The van der Waals surface area contributed by atoms with Gasteiger partial charge in [0, 0.05) is 6.54 Å². The number of fused-ring (bicyclic) bond motifs is 1. The molecule has 0 saturated carbocycles. The number of aromatic amines is 1. The molecule has 0 fully saturated rings. The number of aromatic nitrogens is 4. The molecule has 0 aliphatic rings. The molecule has 1 aromatic carbocycles. The van der Waals surface area contributed by atoms with Crippen LogP contribution in [0.3, 0.4) is 0 Å². The number of anilines is 1. The van der Waals surface area contributed by atoms with Crippen LogP contribution in [0.25, 0.3) is 11.0 Å². The molecule has 0 aliphatic carbocycles. The van der Waals surface area contributed by atoms with Crippen LogP contribution in [0.1, 0.15) is 6.92 Å². The first-order valence-corrected chi connectivity index (χ1v) is 6.57. The summed E-state index contributed by atoms with van der Waals surface area (Å²) >= 11 is 0. The van der Waals surface area contributed by atoms with Gasteiger partial charge in [0.15, 0.2) is 5.65 Å². The van der Waals surface area contributed by atoms with Crippen molar-refractivity contribution in [2.75, 3.05) is 19.0 Å². The summed E-state index contributed by atoms with van der Waals surface area (Å²) in [5.74, 6) is 2.39. The zero-order valence-electron chi connectivity index (χ0n) is 11.8. The number of hydrogen-bond acceptors (Lipinski definition) is 6. The maximum absolute atomic E-state index is 5.83. The van der Waals surface area contributed by atoms with Crippen LogP contribution in [-0.2, 0) is 0 Å². The van der Waals surface area contributed by atoms with E-state index in [0.29, 0.717) is 23.2 Å². The molecule has 3 rings (SSSR count). The number of methoxy groups -OCH3 is 1. The molecule has 7 heteroatoms. The van der Waals surface area contributed by atoms with Gasteiger partial charge in [0.25, 0.3) is 0 Å². The van der Waals surface area contributed by atoms with Crippen LogP contribution < -0.4 is 14.8 Å². The maximum atomic E-state index is 5.83. The molecule has 108 valence electrons.